The fourth-order valence-corrected chi connectivity index (χ4v) is 2.60. The Labute approximate surface area is 137 Å². The predicted molar refractivity (Wildman–Crippen MR) is 84.8 cm³/mol. The van der Waals surface area contributed by atoms with Gasteiger partial charge in [-0.2, -0.15) is 10.2 Å². The Morgan fingerprint density at radius 3 is 2.83 bits per heavy atom. The molecule has 0 aliphatic rings. The van der Waals surface area contributed by atoms with Crippen LogP contribution in [0.5, 0.6) is 5.75 Å². The molecule has 1 aromatic carbocycles. The molecule has 2 heterocycles. The van der Waals surface area contributed by atoms with Gasteiger partial charge in [-0.05, 0) is 36.4 Å². The topological polar surface area (TPSA) is 84.8 Å². The summed E-state index contributed by atoms with van der Waals surface area (Å²) < 4.78 is 10.4. The SMILES string of the molecule is COc1ccc(-c2noc(CSc3cc(C#N)ccn3)n2)cc1. The summed E-state index contributed by atoms with van der Waals surface area (Å²) in [6.45, 7) is 0. The third kappa shape index (κ3) is 3.67. The van der Waals surface area contributed by atoms with Crippen molar-refractivity contribution in [3.8, 4) is 23.2 Å². The lowest BCUT2D eigenvalue weighted by atomic mass is 10.2. The van der Waals surface area contributed by atoms with Gasteiger partial charge in [0.1, 0.15) is 5.75 Å². The molecule has 6 nitrogen and oxygen atoms in total. The molecule has 0 bridgehead atoms. The fourth-order valence-electron chi connectivity index (χ4n) is 1.86. The van der Waals surface area contributed by atoms with Crippen LogP contribution in [0.1, 0.15) is 11.5 Å². The first-order valence-electron chi connectivity index (χ1n) is 6.74. The standard InChI is InChI=1S/C16H12N4O2S/c1-21-13-4-2-12(3-5-13)16-19-14(22-20-16)10-23-15-8-11(9-17)6-7-18-15/h2-8H,10H2,1H3. The molecule has 7 heteroatoms. The van der Waals surface area contributed by atoms with E-state index >= 15 is 0 Å². The van der Waals surface area contributed by atoms with Crippen LogP contribution in [-0.2, 0) is 5.75 Å². The smallest absolute Gasteiger partial charge is 0.237 e. The van der Waals surface area contributed by atoms with Crippen LogP contribution in [0.3, 0.4) is 0 Å². The van der Waals surface area contributed by atoms with Gasteiger partial charge in [-0.3, -0.25) is 0 Å². The van der Waals surface area contributed by atoms with E-state index in [0.717, 1.165) is 16.3 Å². The maximum atomic E-state index is 8.88. The molecule has 114 valence electrons. The van der Waals surface area contributed by atoms with Crippen molar-refractivity contribution in [2.24, 2.45) is 0 Å². The Kier molecular flexibility index (Phi) is 4.54. The van der Waals surface area contributed by atoms with Crippen molar-refractivity contribution in [3.05, 3.63) is 54.0 Å². The van der Waals surface area contributed by atoms with Crippen molar-refractivity contribution in [2.45, 2.75) is 10.8 Å². The Morgan fingerprint density at radius 1 is 1.26 bits per heavy atom. The summed E-state index contributed by atoms with van der Waals surface area (Å²) in [6.07, 6.45) is 1.61. The molecule has 0 saturated carbocycles. The van der Waals surface area contributed by atoms with Gasteiger partial charge in [-0.15, -0.1) is 0 Å². The van der Waals surface area contributed by atoms with E-state index in [-0.39, 0.29) is 0 Å². The quantitative estimate of drug-likeness (QED) is 0.666. The number of hydrogen-bond acceptors (Lipinski definition) is 7. The zero-order valence-corrected chi connectivity index (χ0v) is 13.1. The van der Waals surface area contributed by atoms with E-state index in [2.05, 4.69) is 21.2 Å². The molecule has 0 atom stereocenters. The van der Waals surface area contributed by atoms with Crippen LogP contribution < -0.4 is 4.74 Å². The number of nitrogens with zero attached hydrogens (tertiary/aromatic N) is 4. The van der Waals surface area contributed by atoms with Crippen molar-refractivity contribution in [3.63, 3.8) is 0 Å². The van der Waals surface area contributed by atoms with Crippen molar-refractivity contribution in [2.75, 3.05) is 7.11 Å². The zero-order valence-electron chi connectivity index (χ0n) is 12.3. The molecular formula is C16H12N4O2S. The molecule has 0 N–H and O–H groups in total. The van der Waals surface area contributed by atoms with Crippen LogP contribution in [-0.4, -0.2) is 22.2 Å². The number of methoxy groups -OCH3 is 1. The first-order chi connectivity index (χ1) is 11.3. The molecule has 0 saturated heterocycles. The number of hydrogen-bond donors (Lipinski definition) is 0. The molecule has 2 aromatic heterocycles. The minimum Gasteiger partial charge on any atom is -0.497 e. The molecule has 23 heavy (non-hydrogen) atoms. The average molecular weight is 324 g/mol. The second-order valence-electron chi connectivity index (χ2n) is 4.52. The third-order valence-corrected chi connectivity index (χ3v) is 3.93. The van der Waals surface area contributed by atoms with Crippen molar-refractivity contribution < 1.29 is 9.26 Å². The van der Waals surface area contributed by atoms with Crippen LogP contribution in [0.15, 0.2) is 52.1 Å². The lowest BCUT2D eigenvalue weighted by molar-refractivity contribution is 0.391. The molecule has 0 radical (unpaired) electrons. The second-order valence-corrected chi connectivity index (χ2v) is 5.52. The second kappa shape index (κ2) is 6.94. The number of pyridine rings is 1. The van der Waals surface area contributed by atoms with Crippen LogP contribution in [0.2, 0.25) is 0 Å². The number of thioether (sulfide) groups is 1. The molecule has 0 aliphatic carbocycles. The van der Waals surface area contributed by atoms with E-state index in [1.165, 1.54) is 11.8 Å². The Hall–Kier alpha value is -2.85. The molecule has 3 aromatic rings. The van der Waals surface area contributed by atoms with Crippen molar-refractivity contribution >= 4 is 11.8 Å². The van der Waals surface area contributed by atoms with E-state index in [1.807, 2.05) is 24.3 Å². The van der Waals surface area contributed by atoms with Crippen molar-refractivity contribution in [1.82, 2.24) is 15.1 Å². The van der Waals surface area contributed by atoms with E-state index in [1.54, 1.807) is 25.4 Å². The summed E-state index contributed by atoms with van der Waals surface area (Å²) in [6, 6.07) is 12.9. The summed E-state index contributed by atoms with van der Waals surface area (Å²) in [5, 5.41) is 13.6. The van der Waals surface area contributed by atoms with Crippen LogP contribution in [0.25, 0.3) is 11.4 Å². The van der Waals surface area contributed by atoms with Gasteiger partial charge in [0.15, 0.2) is 0 Å². The van der Waals surface area contributed by atoms with Gasteiger partial charge < -0.3 is 9.26 Å². The Morgan fingerprint density at radius 2 is 2.09 bits per heavy atom. The monoisotopic (exact) mass is 324 g/mol. The molecule has 0 unspecified atom stereocenters. The molecule has 0 spiro atoms. The predicted octanol–water partition coefficient (Wildman–Crippen LogP) is 3.30. The highest BCUT2D eigenvalue weighted by Gasteiger charge is 2.10. The maximum Gasteiger partial charge on any atom is 0.237 e. The summed E-state index contributed by atoms with van der Waals surface area (Å²) in [5.41, 5.74) is 1.43. The highest BCUT2D eigenvalue weighted by molar-refractivity contribution is 7.98. The summed E-state index contributed by atoms with van der Waals surface area (Å²) >= 11 is 1.44. The molecule has 0 amide bonds. The summed E-state index contributed by atoms with van der Waals surface area (Å²) in [4.78, 5) is 8.56. The highest BCUT2D eigenvalue weighted by Crippen LogP contribution is 2.23. The maximum absolute atomic E-state index is 8.88. The lowest BCUT2D eigenvalue weighted by Crippen LogP contribution is -1.86. The van der Waals surface area contributed by atoms with Gasteiger partial charge in [0.05, 0.1) is 29.5 Å². The van der Waals surface area contributed by atoms with Crippen molar-refractivity contribution in [1.29, 1.82) is 5.26 Å². The highest BCUT2D eigenvalue weighted by atomic mass is 32.2. The molecule has 0 fully saturated rings. The van der Waals surface area contributed by atoms with Gasteiger partial charge in [0.25, 0.3) is 0 Å². The van der Waals surface area contributed by atoms with Gasteiger partial charge >= 0.3 is 0 Å². The van der Waals surface area contributed by atoms with Gasteiger partial charge in [0.2, 0.25) is 11.7 Å². The average Bonchev–Trinajstić information content (AvgIpc) is 3.09. The van der Waals surface area contributed by atoms with E-state index < -0.39 is 0 Å². The minimum absolute atomic E-state index is 0.491. The third-order valence-electron chi connectivity index (χ3n) is 3.02. The summed E-state index contributed by atoms with van der Waals surface area (Å²) in [7, 11) is 1.62. The molecular weight excluding hydrogens is 312 g/mol. The van der Waals surface area contributed by atoms with Gasteiger partial charge in [0, 0.05) is 11.8 Å². The molecule has 3 rings (SSSR count). The number of nitriles is 1. The van der Waals surface area contributed by atoms with Crippen LogP contribution in [0, 0.1) is 11.3 Å². The zero-order chi connectivity index (χ0) is 16.1. The van der Waals surface area contributed by atoms with E-state index in [0.29, 0.717) is 23.0 Å². The number of benzene rings is 1. The largest absolute Gasteiger partial charge is 0.497 e. The summed E-state index contributed by atoms with van der Waals surface area (Å²) in [5.74, 6) is 2.30. The van der Waals surface area contributed by atoms with E-state index in [9.17, 15) is 0 Å². The minimum atomic E-state index is 0.491. The lowest BCUT2D eigenvalue weighted by Gasteiger charge is -1.99. The fraction of sp³-hybridized carbons (Fsp3) is 0.125. The van der Waals surface area contributed by atoms with Gasteiger partial charge in [-0.25, -0.2) is 4.98 Å². The van der Waals surface area contributed by atoms with Crippen LogP contribution in [0.4, 0.5) is 0 Å². The van der Waals surface area contributed by atoms with Crippen LogP contribution >= 0.6 is 11.8 Å². The first kappa shape index (κ1) is 15.1. The number of ether oxygens (including phenoxy) is 1. The Bertz CT molecular complexity index is 840. The molecule has 0 aliphatic heterocycles. The first-order valence-corrected chi connectivity index (χ1v) is 7.73. The van der Waals surface area contributed by atoms with Gasteiger partial charge in [-0.1, -0.05) is 16.9 Å². The normalized spacial score (nSPS) is 10.3. The Balaban J connectivity index is 1.68. The van der Waals surface area contributed by atoms with E-state index in [4.69, 9.17) is 14.5 Å². The number of aromatic nitrogens is 3. The number of rotatable bonds is 5.